The van der Waals surface area contributed by atoms with Gasteiger partial charge in [-0.2, -0.15) is 0 Å². The Hall–Kier alpha value is -2.36. The molecular formula is C20H23FN2O. The van der Waals surface area contributed by atoms with E-state index in [1.165, 1.54) is 6.07 Å². The van der Waals surface area contributed by atoms with Gasteiger partial charge in [-0.3, -0.25) is 4.79 Å². The van der Waals surface area contributed by atoms with E-state index in [1.807, 2.05) is 17.0 Å². The van der Waals surface area contributed by atoms with Crippen LogP contribution < -0.4 is 4.90 Å². The minimum Gasteiger partial charge on any atom is -0.372 e. The average molecular weight is 326 g/mol. The number of likely N-dealkylation sites (N-methyl/N-ethyl adjacent to an activating group) is 1. The molecule has 0 N–H and O–H groups in total. The lowest BCUT2D eigenvalue weighted by Crippen LogP contribution is -2.44. The third-order valence-corrected chi connectivity index (χ3v) is 4.76. The zero-order chi connectivity index (χ0) is 17.1. The first kappa shape index (κ1) is 16.5. The fourth-order valence-electron chi connectivity index (χ4n) is 3.39. The normalized spacial score (nSPS) is 17.4. The van der Waals surface area contributed by atoms with Gasteiger partial charge in [-0.1, -0.05) is 43.3 Å². The number of carbonyl (C=O) groups is 1. The highest BCUT2D eigenvalue weighted by Gasteiger charge is 2.28. The molecule has 0 aliphatic carbocycles. The first-order valence-corrected chi connectivity index (χ1v) is 8.42. The Balaban J connectivity index is 1.87. The van der Waals surface area contributed by atoms with E-state index in [4.69, 9.17) is 0 Å². The molecule has 0 radical (unpaired) electrons. The van der Waals surface area contributed by atoms with Crippen LogP contribution in [0.15, 0.2) is 48.5 Å². The summed E-state index contributed by atoms with van der Waals surface area (Å²) in [6, 6.07) is 14.8. The van der Waals surface area contributed by atoms with Crippen molar-refractivity contribution in [1.82, 2.24) is 4.90 Å². The molecule has 1 atom stereocenters. The van der Waals surface area contributed by atoms with Crippen molar-refractivity contribution in [3.8, 4) is 0 Å². The predicted octanol–water partition coefficient (Wildman–Crippen LogP) is 3.63. The van der Waals surface area contributed by atoms with Crippen molar-refractivity contribution in [2.24, 2.45) is 0 Å². The van der Waals surface area contributed by atoms with Gasteiger partial charge in [0.2, 0.25) is 5.91 Å². The second kappa shape index (κ2) is 7.04. The number of amides is 1. The molecule has 2 aromatic carbocycles. The summed E-state index contributed by atoms with van der Waals surface area (Å²) < 4.78 is 13.9. The smallest absolute Gasteiger partial charge is 0.227 e. The topological polar surface area (TPSA) is 23.6 Å². The SMILES string of the molecule is CC[C@@H]1CN(C)c2ccccc2CN1C(=O)Cc1ccccc1F. The number of hydrogen-bond donors (Lipinski definition) is 0. The number of hydrogen-bond acceptors (Lipinski definition) is 2. The van der Waals surface area contributed by atoms with Crippen molar-refractivity contribution >= 4 is 11.6 Å². The van der Waals surface area contributed by atoms with Crippen LogP contribution in [0.5, 0.6) is 0 Å². The van der Waals surface area contributed by atoms with Crippen LogP contribution in [0.25, 0.3) is 0 Å². The molecule has 0 saturated heterocycles. The molecule has 2 aromatic rings. The molecule has 0 fully saturated rings. The monoisotopic (exact) mass is 326 g/mol. The molecule has 1 aliphatic rings. The highest BCUT2D eigenvalue weighted by atomic mass is 19.1. The fraction of sp³-hybridized carbons (Fsp3) is 0.350. The van der Waals surface area contributed by atoms with E-state index >= 15 is 0 Å². The van der Waals surface area contributed by atoms with Crippen molar-refractivity contribution in [2.45, 2.75) is 32.4 Å². The molecule has 1 aliphatic heterocycles. The van der Waals surface area contributed by atoms with Gasteiger partial charge in [-0.05, 0) is 29.7 Å². The summed E-state index contributed by atoms with van der Waals surface area (Å²) in [5.41, 5.74) is 2.76. The van der Waals surface area contributed by atoms with E-state index < -0.39 is 0 Å². The third kappa shape index (κ3) is 3.28. The summed E-state index contributed by atoms with van der Waals surface area (Å²) >= 11 is 0. The van der Waals surface area contributed by atoms with E-state index in [1.54, 1.807) is 18.2 Å². The standard InChI is InChI=1S/C20H23FN2O/c1-3-17-14-22(2)19-11-7-5-9-16(19)13-23(17)20(24)12-15-8-4-6-10-18(15)21/h4-11,17H,3,12-14H2,1-2H3/t17-/m1/s1. The number of nitrogens with zero attached hydrogens (tertiary/aromatic N) is 2. The van der Waals surface area contributed by atoms with Gasteiger partial charge in [-0.25, -0.2) is 4.39 Å². The minimum atomic E-state index is -0.314. The van der Waals surface area contributed by atoms with Gasteiger partial charge in [0, 0.05) is 31.9 Å². The zero-order valence-corrected chi connectivity index (χ0v) is 14.2. The Morgan fingerprint density at radius 2 is 1.88 bits per heavy atom. The quantitative estimate of drug-likeness (QED) is 0.860. The third-order valence-electron chi connectivity index (χ3n) is 4.76. The molecule has 0 saturated carbocycles. The van der Waals surface area contributed by atoms with Gasteiger partial charge in [0.15, 0.2) is 0 Å². The number of para-hydroxylation sites is 1. The second-order valence-electron chi connectivity index (χ2n) is 6.36. The van der Waals surface area contributed by atoms with E-state index in [0.29, 0.717) is 12.1 Å². The lowest BCUT2D eigenvalue weighted by molar-refractivity contribution is -0.133. The maximum absolute atomic E-state index is 13.9. The lowest BCUT2D eigenvalue weighted by atomic mass is 10.1. The molecule has 0 aromatic heterocycles. The fourth-order valence-corrected chi connectivity index (χ4v) is 3.39. The van der Waals surface area contributed by atoms with Crippen LogP contribution in [-0.2, 0) is 17.8 Å². The summed E-state index contributed by atoms with van der Waals surface area (Å²) in [6.45, 7) is 3.46. The molecule has 24 heavy (non-hydrogen) atoms. The molecule has 1 amide bonds. The largest absolute Gasteiger partial charge is 0.372 e. The van der Waals surface area contributed by atoms with Crippen LogP contribution in [0.3, 0.4) is 0 Å². The van der Waals surface area contributed by atoms with E-state index in [2.05, 4.69) is 31.0 Å². The van der Waals surface area contributed by atoms with Crippen LogP contribution in [0.4, 0.5) is 10.1 Å². The number of anilines is 1. The number of carbonyl (C=O) groups excluding carboxylic acids is 1. The summed E-state index contributed by atoms with van der Waals surface area (Å²) in [5, 5.41) is 0. The Bertz CT molecular complexity index is 731. The number of fused-ring (bicyclic) bond motifs is 1. The molecule has 3 nitrogen and oxygen atoms in total. The van der Waals surface area contributed by atoms with Gasteiger partial charge < -0.3 is 9.80 Å². The maximum atomic E-state index is 13.9. The molecule has 4 heteroatoms. The summed E-state index contributed by atoms with van der Waals surface area (Å²) in [7, 11) is 2.06. The van der Waals surface area contributed by atoms with Crippen LogP contribution in [0, 0.1) is 5.82 Å². The van der Waals surface area contributed by atoms with Gasteiger partial charge in [0.05, 0.1) is 6.42 Å². The highest BCUT2D eigenvalue weighted by Crippen LogP contribution is 2.27. The molecule has 0 unspecified atom stereocenters. The molecule has 1 heterocycles. The first-order valence-electron chi connectivity index (χ1n) is 8.42. The van der Waals surface area contributed by atoms with Crippen LogP contribution in [0.2, 0.25) is 0 Å². The van der Waals surface area contributed by atoms with Gasteiger partial charge in [0.1, 0.15) is 5.82 Å². The maximum Gasteiger partial charge on any atom is 0.227 e. The molecule has 0 bridgehead atoms. The first-order chi connectivity index (χ1) is 11.6. The Labute approximate surface area is 142 Å². The number of benzene rings is 2. The zero-order valence-electron chi connectivity index (χ0n) is 14.2. The van der Waals surface area contributed by atoms with Crippen molar-refractivity contribution in [2.75, 3.05) is 18.5 Å². The average Bonchev–Trinajstić information content (AvgIpc) is 2.74. The van der Waals surface area contributed by atoms with E-state index in [9.17, 15) is 9.18 Å². The molecule has 126 valence electrons. The molecule has 3 rings (SSSR count). The van der Waals surface area contributed by atoms with Crippen LogP contribution >= 0.6 is 0 Å². The van der Waals surface area contributed by atoms with Crippen molar-refractivity contribution in [3.05, 3.63) is 65.5 Å². The summed E-state index contributed by atoms with van der Waals surface area (Å²) in [6.07, 6.45) is 0.983. The van der Waals surface area contributed by atoms with Crippen molar-refractivity contribution in [1.29, 1.82) is 0 Å². The molecular weight excluding hydrogens is 303 g/mol. The number of halogens is 1. The summed E-state index contributed by atoms with van der Waals surface area (Å²) in [5.74, 6) is -0.330. The van der Waals surface area contributed by atoms with Crippen molar-refractivity contribution < 1.29 is 9.18 Å². The van der Waals surface area contributed by atoms with Gasteiger partial charge in [-0.15, -0.1) is 0 Å². The minimum absolute atomic E-state index is 0.0166. The Morgan fingerprint density at radius 3 is 2.62 bits per heavy atom. The van der Waals surface area contributed by atoms with Gasteiger partial charge in [0.25, 0.3) is 0 Å². The highest BCUT2D eigenvalue weighted by molar-refractivity contribution is 5.79. The predicted molar refractivity (Wildman–Crippen MR) is 94.4 cm³/mol. The van der Waals surface area contributed by atoms with Crippen molar-refractivity contribution in [3.63, 3.8) is 0 Å². The van der Waals surface area contributed by atoms with E-state index in [0.717, 1.165) is 24.2 Å². The Kier molecular flexibility index (Phi) is 4.84. The molecule has 0 spiro atoms. The second-order valence-corrected chi connectivity index (χ2v) is 6.36. The van der Waals surface area contributed by atoms with Crippen LogP contribution in [-0.4, -0.2) is 30.4 Å². The van der Waals surface area contributed by atoms with Gasteiger partial charge >= 0.3 is 0 Å². The van der Waals surface area contributed by atoms with E-state index in [-0.39, 0.29) is 24.2 Å². The lowest BCUT2D eigenvalue weighted by Gasteiger charge is -2.31. The summed E-state index contributed by atoms with van der Waals surface area (Å²) in [4.78, 5) is 17.0. The van der Waals surface area contributed by atoms with Crippen LogP contribution in [0.1, 0.15) is 24.5 Å². The Morgan fingerprint density at radius 1 is 1.17 bits per heavy atom. The number of rotatable bonds is 3.